The molecule has 0 atom stereocenters. The Hall–Kier alpha value is -1.28. The lowest BCUT2D eigenvalue weighted by atomic mass is 10.3. The highest BCUT2D eigenvalue weighted by atomic mass is 32.2. The monoisotopic (exact) mass is 295 g/mol. The molecule has 0 spiro atoms. The molecule has 3 nitrogen and oxygen atoms in total. The lowest BCUT2D eigenvalue weighted by molar-refractivity contribution is -0.136. The Labute approximate surface area is 110 Å². The first-order valence-corrected chi connectivity index (χ1v) is 6.09. The molecule has 0 bridgehead atoms. The van der Waals surface area contributed by atoms with Crippen LogP contribution >= 0.6 is 24.0 Å². The second kappa shape index (κ2) is 6.60. The molecule has 0 unspecified atom stereocenters. The molecule has 1 rings (SSSR count). The van der Waals surface area contributed by atoms with Crippen LogP contribution in [0, 0.1) is 17.5 Å². The summed E-state index contributed by atoms with van der Waals surface area (Å²) in [7, 11) is 0. The van der Waals surface area contributed by atoms with Crippen LogP contribution in [0.1, 0.15) is 6.42 Å². The number of anilines is 1. The van der Waals surface area contributed by atoms with Gasteiger partial charge in [0.1, 0.15) is 10.1 Å². The van der Waals surface area contributed by atoms with Crippen LogP contribution in [0.15, 0.2) is 12.1 Å². The van der Waals surface area contributed by atoms with Crippen molar-refractivity contribution in [2.75, 3.05) is 11.1 Å². The largest absolute Gasteiger partial charge is 0.481 e. The molecule has 0 fully saturated rings. The Morgan fingerprint density at radius 1 is 1.28 bits per heavy atom. The average Bonchev–Trinajstić information content (AvgIpc) is 2.25. The molecule has 0 heterocycles. The second-order valence-electron chi connectivity index (χ2n) is 3.15. The highest BCUT2D eigenvalue weighted by Crippen LogP contribution is 2.20. The molecule has 0 aliphatic carbocycles. The lowest BCUT2D eigenvalue weighted by Gasteiger charge is -2.08. The van der Waals surface area contributed by atoms with E-state index in [1.54, 1.807) is 0 Å². The molecule has 0 saturated carbocycles. The van der Waals surface area contributed by atoms with E-state index in [1.165, 1.54) is 0 Å². The van der Waals surface area contributed by atoms with Gasteiger partial charge in [0, 0.05) is 17.9 Å². The number of rotatable bonds is 4. The van der Waals surface area contributed by atoms with Crippen molar-refractivity contribution in [1.82, 2.24) is 0 Å². The minimum absolute atomic E-state index is 0.0844. The molecule has 0 amide bonds. The van der Waals surface area contributed by atoms with Crippen molar-refractivity contribution < 1.29 is 23.1 Å². The van der Waals surface area contributed by atoms with Crippen molar-refractivity contribution in [3.63, 3.8) is 0 Å². The molecule has 0 radical (unpaired) electrons. The van der Waals surface area contributed by atoms with Gasteiger partial charge >= 0.3 is 5.97 Å². The molecular formula is C10H8F3NO2S2. The first-order valence-electron chi connectivity index (χ1n) is 4.70. The van der Waals surface area contributed by atoms with E-state index in [9.17, 15) is 18.0 Å². The number of aliphatic carboxylic acids is 1. The first kappa shape index (κ1) is 14.8. The summed E-state index contributed by atoms with van der Waals surface area (Å²) in [6.07, 6.45) is -0.104. The van der Waals surface area contributed by atoms with Crippen LogP contribution in [0.3, 0.4) is 0 Å². The molecule has 0 aliphatic rings. The van der Waals surface area contributed by atoms with Crippen molar-refractivity contribution in [3.8, 4) is 0 Å². The number of thioether (sulfide) groups is 1. The van der Waals surface area contributed by atoms with Gasteiger partial charge in [-0.3, -0.25) is 4.79 Å². The zero-order chi connectivity index (χ0) is 13.7. The Bertz CT molecular complexity index is 482. The maximum absolute atomic E-state index is 13.2. The highest BCUT2D eigenvalue weighted by molar-refractivity contribution is 8.23. The number of benzene rings is 1. The number of carboxylic acid groups (broad SMARTS) is 1. The Morgan fingerprint density at radius 2 is 1.89 bits per heavy atom. The fourth-order valence-electron chi connectivity index (χ4n) is 0.995. The predicted octanol–water partition coefficient (Wildman–Crippen LogP) is 3.01. The summed E-state index contributed by atoms with van der Waals surface area (Å²) in [5.41, 5.74) is -0.290. The molecule has 98 valence electrons. The van der Waals surface area contributed by atoms with Crippen molar-refractivity contribution >= 4 is 40.0 Å². The van der Waals surface area contributed by atoms with E-state index in [4.69, 9.17) is 17.3 Å². The lowest BCUT2D eigenvalue weighted by Crippen LogP contribution is -2.09. The smallest absolute Gasteiger partial charge is 0.304 e. The van der Waals surface area contributed by atoms with E-state index < -0.39 is 23.4 Å². The quantitative estimate of drug-likeness (QED) is 0.660. The van der Waals surface area contributed by atoms with E-state index >= 15 is 0 Å². The van der Waals surface area contributed by atoms with Gasteiger partial charge in [-0.2, -0.15) is 0 Å². The van der Waals surface area contributed by atoms with Crippen LogP contribution in [0.5, 0.6) is 0 Å². The summed E-state index contributed by atoms with van der Waals surface area (Å²) in [4.78, 5) is 10.2. The van der Waals surface area contributed by atoms with E-state index in [-0.39, 0.29) is 22.2 Å². The number of hydrogen-bond acceptors (Lipinski definition) is 3. The minimum atomic E-state index is -1.29. The normalized spacial score (nSPS) is 10.2. The van der Waals surface area contributed by atoms with E-state index in [1.807, 2.05) is 0 Å². The van der Waals surface area contributed by atoms with Gasteiger partial charge in [0.25, 0.3) is 0 Å². The van der Waals surface area contributed by atoms with Gasteiger partial charge in [0.2, 0.25) is 0 Å². The maximum Gasteiger partial charge on any atom is 0.304 e. The molecule has 8 heteroatoms. The summed E-state index contributed by atoms with van der Waals surface area (Å²) >= 11 is 5.77. The number of thiocarbonyl (C=S) groups is 1. The van der Waals surface area contributed by atoms with Gasteiger partial charge in [-0.15, -0.1) is 0 Å². The molecule has 0 saturated heterocycles. The first-order chi connectivity index (χ1) is 8.40. The molecular weight excluding hydrogens is 287 g/mol. The standard InChI is InChI=1S/C10H8F3NO2S2/c11-5-3-7(13)8(4-6(5)12)14-10(17)18-2-1-9(15)16/h3-4H,1-2H2,(H,14,17)(H,15,16). The molecule has 0 aromatic heterocycles. The van der Waals surface area contributed by atoms with Crippen LogP contribution < -0.4 is 5.32 Å². The minimum Gasteiger partial charge on any atom is -0.481 e. The number of carbonyl (C=O) groups is 1. The van der Waals surface area contributed by atoms with Crippen molar-refractivity contribution in [1.29, 1.82) is 0 Å². The summed E-state index contributed by atoms with van der Waals surface area (Å²) < 4.78 is 38.8. The third-order valence-corrected chi connectivity index (χ3v) is 3.02. The summed E-state index contributed by atoms with van der Waals surface area (Å²) in [5.74, 6) is -4.24. The number of nitrogens with one attached hydrogen (secondary N) is 1. The average molecular weight is 295 g/mol. The third-order valence-electron chi connectivity index (χ3n) is 1.80. The van der Waals surface area contributed by atoms with Crippen LogP contribution in [-0.4, -0.2) is 21.1 Å². The SMILES string of the molecule is O=C(O)CCSC(=S)Nc1cc(F)c(F)cc1F. The summed E-state index contributed by atoms with van der Waals surface area (Å²) in [6, 6.07) is 1.05. The maximum atomic E-state index is 13.2. The van der Waals surface area contributed by atoms with E-state index in [0.717, 1.165) is 11.8 Å². The van der Waals surface area contributed by atoms with Gasteiger partial charge < -0.3 is 10.4 Å². The zero-order valence-electron chi connectivity index (χ0n) is 8.87. The van der Waals surface area contributed by atoms with Crippen molar-refractivity contribution in [2.24, 2.45) is 0 Å². The topological polar surface area (TPSA) is 49.3 Å². The molecule has 1 aromatic carbocycles. The van der Waals surface area contributed by atoms with Crippen LogP contribution in [0.25, 0.3) is 0 Å². The van der Waals surface area contributed by atoms with E-state index in [2.05, 4.69) is 5.32 Å². The number of carboxylic acids is 1. The van der Waals surface area contributed by atoms with Crippen molar-refractivity contribution in [2.45, 2.75) is 6.42 Å². The highest BCUT2D eigenvalue weighted by Gasteiger charge is 2.11. The molecule has 18 heavy (non-hydrogen) atoms. The van der Waals surface area contributed by atoms with Crippen LogP contribution in [-0.2, 0) is 4.79 Å². The molecule has 0 aliphatic heterocycles. The zero-order valence-corrected chi connectivity index (χ0v) is 10.5. The Balaban J connectivity index is 2.59. The fourth-order valence-corrected chi connectivity index (χ4v) is 2.00. The van der Waals surface area contributed by atoms with Crippen LogP contribution in [0.2, 0.25) is 0 Å². The van der Waals surface area contributed by atoms with Gasteiger partial charge in [-0.05, 0) is 0 Å². The fraction of sp³-hybridized carbons (Fsp3) is 0.200. The van der Waals surface area contributed by atoms with Gasteiger partial charge in [-0.25, -0.2) is 13.2 Å². The summed E-state index contributed by atoms with van der Waals surface area (Å²) in [5, 5.41) is 10.8. The number of hydrogen-bond donors (Lipinski definition) is 2. The molecule has 1 aromatic rings. The van der Waals surface area contributed by atoms with Crippen molar-refractivity contribution in [3.05, 3.63) is 29.6 Å². The van der Waals surface area contributed by atoms with E-state index in [0.29, 0.717) is 12.1 Å². The Morgan fingerprint density at radius 3 is 2.50 bits per heavy atom. The number of halogens is 3. The van der Waals surface area contributed by atoms with Gasteiger partial charge in [0.15, 0.2) is 11.6 Å². The molecule has 2 N–H and O–H groups in total. The second-order valence-corrected chi connectivity index (χ2v) is 4.92. The van der Waals surface area contributed by atoms with Gasteiger partial charge in [0.05, 0.1) is 12.1 Å². The Kier molecular flexibility index (Phi) is 5.42. The summed E-state index contributed by atoms with van der Waals surface area (Å²) in [6.45, 7) is 0. The van der Waals surface area contributed by atoms with Crippen LogP contribution in [0.4, 0.5) is 18.9 Å². The van der Waals surface area contributed by atoms with Gasteiger partial charge in [-0.1, -0.05) is 24.0 Å². The predicted molar refractivity (Wildman–Crippen MR) is 67.2 cm³/mol. The third kappa shape index (κ3) is 4.53.